The van der Waals surface area contributed by atoms with Crippen LogP contribution in [-0.2, 0) is 4.74 Å². The van der Waals surface area contributed by atoms with Crippen molar-refractivity contribution >= 4 is 6.09 Å². The second kappa shape index (κ2) is 9.69. The summed E-state index contributed by atoms with van der Waals surface area (Å²) in [6, 6.07) is 21.9. The van der Waals surface area contributed by atoms with E-state index in [0.717, 1.165) is 22.3 Å². The molecule has 8 heteroatoms. The lowest BCUT2D eigenvalue weighted by Crippen LogP contribution is -2.36. The van der Waals surface area contributed by atoms with Crippen molar-refractivity contribution in [1.29, 1.82) is 0 Å². The summed E-state index contributed by atoms with van der Waals surface area (Å²) in [6.07, 6.45) is -0.400. The number of nitrogens with zero attached hydrogens (tertiary/aromatic N) is 2. The summed E-state index contributed by atoms with van der Waals surface area (Å²) in [5, 5.41) is 27.4. The topological polar surface area (TPSA) is 96.6 Å². The number of aromatic nitrogens is 2. The maximum absolute atomic E-state index is 13.4. The highest BCUT2D eigenvalue weighted by Crippen LogP contribution is 2.44. The lowest BCUT2D eigenvalue weighted by molar-refractivity contribution is 0.0185. The maximum atomic E-state index is 13.4. The molecule has 1 heterocycles. The van der Waals surface area contributed by atoms with Crippen LogP contribution in [0.1, 0.15) is 28.7 Å². The van der Waals surface area contributed by atoms with Crippen LogP contribution in [-0.4, -0.2) is 45.3 Å². The summed E-state index contributed by atoms with van der Waals surface area (Å²) in [5.74, 6) is -0.482. The monoisotopic (exact) mass is 473 g/mol. The Hall–Kier alpha value is -4.01. The van der Waals surface area contributed by atoms with Crippen LogP contribution < -0.4 is 5.32 Å². The van der Waals surface area contributed by atoms with E-state index >= 15 is 0 Å². The summed E-state index contributed by atoms with van der Waals surface area (Å²) in [7, 11) is 0. The molecule has 2 unspecified atom stereocenters. The van der Waals surface area contributed by atoms with E-state index in [-0.39, 0.29) is 19.1 Å². The van der Waals surface area contributed by atoms with Crippen LogP contribution in [0.5, 0.6) is 0 Å². The SMILES string of the molecule is O=C(NCC(O)C(O)c1cnn(-c2cccc(F)c2)c1)OCC1c2ccccc2-c2ccccc21. The zero-order valence-corrected chi connectivity index (χ0v) is 18.7. The molecule has 4 aromatic rings. The molecule has 0 saturated carbocycles. The zero-order chi connectivity index (χ0) is 24.4. The number of nitrogens with one attached hydrogen (secondary N) is 1. The quantitative estimate of drug-likeness (QED) is 0.378. The molecule has 178 valence electrons. The summed E-state index contributed by atoms with van der Waals surface area (Å²) in [5.41, 5.74) is 5.29. The molecule has 1 aliphatic carbocycles. The first kappa shape index (κ1) is 22.8. The Labute approximate surface area is 201 Å². The molecule has 5 rings (SSSR count). The Bertz CT molecular complexity index is 1310. The number of hydrogen-bond acceptors (Lipinski definition) is 5. The van der Waals surface area contributed by atoms with Crippen LogP contribution in [0.15, 0.2) is 85.2 Å². The highest BCUT2D eigenvalue weighted by Gasteiger charge is 2.29. The van der Waals surface area contributed by atoms with Crippen LogP contribution in [0.3, 0.4) is 0 Å². The normalized spacial score (nSPS) is 14.1. The van der Waals surface area contributed by atoms with Crippen molar-refractivity contribution in [3.05, 3.63) is 108 Å². The van der Waals surface area contributed by atoms with Crippen LogP contribution >= 0.6 is 0 Å². The van der Waals surface area contributed by atoms with Crippen LogP contribution in [0.2, 0.25) is 0 Å². The molecule has 1 amide bonds. The van der Waals surface area contributed by atoms with Crippen molar-refractivity contribution in [1.82, 2.24) is 15.1 Å². The van der Waals surface area contributed by atoms with Gasteiger partial charge in [0.1, 0.15) is 24.6 Å². The molecule has 1 aromatic heterocycles. The molecule has 3 aromatic carbocycles. The van der Waals surface area contributed by atoms with Crippen LogP contribution in [0.4, 0.5) is 9.18 Å². The van der Waals surface area contributed by atoms with E-state index in [1.807, 2.05) is 36.4 Å². The number of amides is 1. The van der Waals surface area contributed by atoms with Gasteiger partial charge in [0.05, 0.1) is 11.9 Å². The van der Waals surface area contributed by atoms with Crippen molar-refractivity contribution in [3.63, 3.8) is 0 Å². The fourth-order valence-corrected chi connectivity index (χ4v) is 4.42. The first-order valence-corrected chi connectivity index (χ1v) is 11.3. The largest absolute Gasteiger partial charge is 0.449 e. The maximum Gasteiger partial charge on any atom is 0.407 e. The molecule has 7 nitrogen and oxygen atoms in total. The number of aliphatic hydroxyl groups is 2. The van der Waals surface area contributed by atoms with Gasteiger partial charge < -0.3 is 20.3 Å². The third-order valence-corrected chi connectivity index (χ3v) is 6.18. The second-order valence-corrected chi connectivity index (χ2v) is 8.42. The summed E-state index contributed by atoms with van der Waals surface area (Å²) in [6.45, 7) is -0.0676. The van der Waals surface area contributed by atoms with Crippen molar-refractivity contribution in [2.24, 2.45) is 0 Å². The molecule has 35 heavy (non-hydrogen) atoms. The van der Waals surface area contributed by atoms with Gasteiger partial charge >= 0.3 is 6.09 Å². The average molecular weight is 474 g/mol. The second-order valence-electron chi connectivity index (χ2n) is 8.42. The number of ether oxygens (including phenoxy) is 1. The number of aliphatic hydroxyl groups excluding tert-OH is 2. The number of halogens is 1. The Morgan fingerprint density at radius 1 is 1.03 bits per heavy atom. The fourth-order valence-electron chi connectivity index (χ4n) is 4.42. The molecule has 1 aliphatic rings. The minimum Gasteiger partial charge on any atom is -0.449 e. The van der Waals surface area contributed by atoms with E-state index in [4.69, 9.17) is 4.74 Å². The standard InChI is InChI=1S/C27H24FN3O4/c28-18-6-5-7-19(12-18)31-15-17(13-30-31)26(33)25(32)14-29-27(34)35-16-24-22-10-3-1-8-20(22)21-9-2-4-11-23(21)24/h1-13,15,24-26,32-33H,14,16H2,(H,29,34). The van der Waals surface area contributed by atoms with Gasteiger partial charge in [-0.2, -0.15) is 5.10 Å². The van der Waals surface area contributed by atoms with E-state index in [1.165, 1.54) is 29.2 Å². The minimum absolute atomic E-state index is 0.0719. The fraction of sp³-hybridized carbons (Fsp3) is 0.185. The smallest absolute Gasteiger partial charge is 0.407 e. The Balaban J connectivity index is 1.16. The Morgan fingerprint density at radius 3 is 2.40 bits per heavy atom. The van der Waals surface area contributed by atoms with Crippen molar-refractivity contribution in [2.75, 3.05) is 13.2 Å². The van der Waals surface area contributed by atoms with Gasteiger partial charge in [-0.25, -0.2) is 13.9 Å². The van der Waals surface area contributed by atoms with Gasteiger partial charge in [0.2, 0.25) is 0 Å². The van der Waals surface area contributed by atoms with E-state index in [1.54, 1.807) is 12.1 Å². The van der Waals surface area contributed by atoms with E-state index in [9.17, 15) is 19.4 Å². The average Bonchev–Trinajstić information content (AvgIpc) is 3.49. The van der Waals surface area contributed by atoms with Crippen LogP contribution in [0.25, 0.3) is 16.8 Å². The minimum atomic E-state index is -1.30. The molecule has 2 atom stereocenters. The highest BCUT2D eigenvalue weighted by molar-refractivity contribution is 5.79. The van der Waals surface area contributed by atoms with Gasteiger partial charge in [-0.15, -0.1) is 0 Å². The van der Waals surface area contributed by atoms with E-state index in [0.29, 0.717) is 11.3 Å². The molecular weight excluding hydrogens is 449 g/mol. The van der Waals surface area contributed by atoms with Gasteiger partial charge in [-0.3, -0.25) is 0 Å². The number of carbonyl (C=O) groups excluding carboxylic acids is 1. The number of hydrogen-bond donors (Lipinski definition) is 3. The Kier molecular flexibility index (Phi) is 6.31. The zero-order valence-electron chi connectivity index (χ0n) is 18.7. The molecular formula is C27H24FN3O4. The van der Waals surface area contributed by atoms with Gasteiger partial charge in [0, 0.05) is 24.2 Å². The van der Waals surface area contributed by atoms with Gasteiger partial charge in [-0.05, 0) is 40.5 Å². The highest BCUT2D eigenvalue weighted by atomic mass is 19.1. The van der Waals surface area contributed by atoms with Crippen molar-refractivity contribution < 1.29 is 24.1 Å². The molecule has 3 N–H and O–H groups in total. The number of carbonyl (C=O) groups is 1. The molecule has 0 saturated heterocycles. The van der Waals surface area contributed by atoms with Gasteiger partial charge in [0.25, 0.3) is 0 Å². The predicted molar refractivity (Wildman–Crippen MR) is 128 cm³/mol. The number of fused-ring (bicyclic) bond motifs is 3. The Morgan fingerprint density at radius 2 is 1.71 bits per heavy atom. The summed E-state index contributed by atoms with van der Waals surface area (Å²) >= 11 is 0. The van der Waals surface area contributed by atoms with Gasteiger partial charge in [-0.1, -0.05) is 54.6 Å². The van der Waals surface area contributed by atoms with Crippen LogP contribution in [0, 0.1) is 5.82 Å². The van der Waals surface area contributed by atoms with Crippen molar-refractivity contribution in [2.45, 2.75) is 18.1 Å². The molecule has 0 bridgehead atoms. The van der Waals surface area contributed by atoms with Crippen molar-refractivity contribution in [3.8, 4) is 16.8 Å². The molecule has 0 fully saturated rings. The number of benzene rings is 3. The molecule has 0 aliphatic heterocycles. The summed E-state index contributed by atoms with van der Waals surface area (Å²) in [4.78, 5) is 12.3. The third-order valence-electron chi connectivity index (χ3n) is 6.18. The van der Waals surface area contributed by atoms with E-state index in [2.05, 4.69) is 22.5 Å². The third kappa shape index (κ3) is 4.66. The molecule has 0 spiro atoms. The lowest BCUT2D eigenvalue weighted by Gasteiger charge is -2.18. The van der Waals surface area contributed by atoms with E-state index < -0.39 is 24.1 Å². The van der Waals surface area contributed by atoms with Gasteiger partial charge in [0.15, 0.2) is 0 Å². The first-order chi connectivity index (χ1) is 17.0. The molecule has 0 radical (unpaired) electrons. The summed E-state index contributed by atoms with van der Waals surface area (Å²) < 4.78 is 20.3. The predicted octanol–water partition coefficient (Wildman–Crippen LogP) is 3.94. The number of alkyl carbamates (subject to hydrolysis) is 1. The first-order valence-electron chi connectivity index (χ1n) is 11.3. The lowest BCUT2D eigenvalue weighted by atomic mass is 9.98. The number of rotatable bonds is 7.